The molecular formula is C15H24ClNO3S. The molecule has 0 fully saturated rings. The van der Waals surface area contributed by atoms with Gasteiger partial charge in [0.15, 0.2) is 9.84 Å². The second kappa shape index (κ2) is 8.01. The van der Waals surface area contributed by atoms with Gasteiger partial charge in [0.1, 0.15) is 12.4 Å². The zero-order chi connectivity index (χ0) is 16.0. The normalized spacial score (nSPS) is 13.4. The van der Waals surface area contributed by atoms with E-state index in [1.165, 1.54) is 0 Å². The Morgan fingerprint density at radius 3 is 2.57 bits per heavy atom. The number of halogens is 1. The molecule has 0 aliphatic carbocycles. The predicted octanol–water partition coefficient (Wildman–Crippen LogP) is 2.82. The largest absolute Gasteiger partial charge is 0.492 e. The summed E-state index contributed by atoms with van der Waals surface area (Å²) in [6.07, 6.45) is 1.45. The molecule has 0 saturated carbocycles. The fourth-order valence-corrected chi connectivity index (χ4v) is 2.81. The van der Waals surface area contributed by atoms with Crippen molar-refractivity contribution >= 4 is 21.4 Å². The van der Waals surface area contributed by atoms with Gasteiger partial charge in [-0.15, -0.1) is 0 Å². The van der Waals surface area contributed by atoms with E-state index in [4.69, 9.17) is 22.1 Å². The number of rotatable bonds is 8. The minimum Gasteiger partial charge on any atom is -0.492 e. The van der Waals surface area contributed by atoms with Crippen molar-refractivity contribution in [1.29, 1.82) is 0 Å². The highest BCUT2D eigenvalue weighted by molar-refractivity contribution is 7.91. The number of hydrogen-bond acceptors (Lipinski definition) is 4. The van der Waals surface area contributed by atoms with Crippen molar-refractivity contribution in [3.8, 4) is 5.75 Å². The van der Waals surface area contributed by atoms with Gasteiger partial charge >= 0.3 is 0 Å². The highest BCUT2D eigenvalue weighted by Gasteiger charge is 2.17. The Morgan fingerprint density at radius 2 is 2.00 bits per heavy atom. The lowest BCUT2D eigenvalue weighted by atomic mass is 10.0. The van der Waals surface area contributed by atoms with Gasteiger partial charge in [0, 0.05) is 16.6 Å². The van der Waals surface area contributed by atoms with E-state index in [2.05, 4.69) is 0 Å². The van der Waals surface area contributed by atoms with Crippen molar-refractivity contribution in [3.05, 3.63) is 28.8 Å². The maximum Gasteiger partial charge on any atom is 0.155 e. The van der Waals surface area contributed by atoms with Crippen LogP contribution in [-0.2, 0) is 16.3 Å². The van der Waals surface area contributed by atoms with E-state index in [0.29, 0.717) is 17.2 Å². The molecule has 0 aliphatic heterocycles. The van der Waals surface area contributed by atoms with Gasteiger partial charge in [-0.2, -0.15) is 0 Å². The van der Waals surface area contributed by atoms with Crippen LogP contribution in [0.15, 0.2) is 18.2 Å². The Bertz CT molecular complexity index is 558. The van der Waals surface area contributed by atoms with E-state index >= 15 is 0 Å². The van der Waals surface area contributed by atoms with Gasteiger partial charge in [0.05, 0.1) is 11.0 Å². The Hall–Kier alpha value is -0.780. The van der Waals surface area contributed by atoms with E-state index in [1.807, 2.05) is 6.92 Å². The summed E-state index contributed by atoms with van der Waals surface area (Å²) in [5.41, 5.74) is 6.81. The molecule has 0 saturated heterocycles. The molecule has 0 aliphatic rings. The molecule has 0 heterocycles. The molecule has 1 aromatic carbocycles. The molecule has 0 amide bonds. The molecule has 0 radical (unpaired) electrons. The van der Waals surface area contributed by atoms with Gasteiger partial charge in [0.2, 0.25) is 0 Å². The van der Waals surface area contributed by atoms with Gasteiger partial charge in [-0.1, -0.05) is 24.6 Å². The summed E-state index contributed by atoms with van der Waals surface area (Å²) in [6.45, 7) is 5.47. The number of nitrogens with two attached hydrogens (primary N) is 1. The number of ether oxygens (including phenoxy) is 1. The van der Waals surface area contributed by atoms with Crippen LogP contribution in [0.25, 0.3) is 0 Å². The SMILES string of the molecule is CCC(N)Cc1c(Cl)cccc1OCCS(=O)(=O)C(C)C. The summed E-state index contributed by atoms with van der Waals surface area (Å²) in [6, 6.07) is 5.38. The molecule has 1 rings (SSSR count). The summed E-state index contributed by atoms with van der Waals surface area (Å²) in [5.74, 6) is 0.613. The first-order chi connectivity index (χ1) is 9.77. The fraction of sp³-hybridized carbons (Fsp3) is 0.600. The third kappa shape index (κ3) is 5.49. The molecule has 1 unspecified atom stereocenters. The Balaban J connectivity index is 2.77. The van der Waals surface area contributed by atoms with E-state index < -0.39 is 15.1 Å². The van der Waals surface area contributed by atoms with Crippen molar-refractivity contribution in [2.75, 3.05) is 12.4 Å². The first kappa shape index (κ1) is 18.3. The number of sulfone groups is 1. The quantitative estimate of drug-likeness (QED) is 0.794. The minimum absolute atomic E-state index is 0.00352. The summed E-state index contributed by atoms with van der Waals surface area (Å²) >= 11 is 6.20. The monoisotopic (exact) mass is 333 g/mol. The van der Waals surface area contributed by atoms with Crippen molar-refractivity contribution in [3.63, 3.8) is 0 Å². The minimum atomic E-state index is -3.10. The van der Waals surface area contributed by atoms with Crippen molar-refractivity contribution < 1.29 is 13.2 Å². The van der Waals surface area contributed by atoms with E-state index in [9.17, 15) is 8.42 Å². The van der Waals surface area contributed by atoms with Crippen LogP contribution in [0, 0.1) is 0 Å². The molecule has 1 atom stereocenters. The zero-order valence-electron chi connectivity index (χ0n) is 12.8. The molecule has 4 nitrogen and oxygen atoms in total. The lowest BCUT2D eigenvalue weighted by Crippen LogP contribution is -2.23. The first-order valence-electron chi connectivity index (χ1n) is 7.15. The average molecular weight is 334 g/mol. The zero-order valence-corrected chi connectivity index (χ0v) is 14.4. The van der Waals surface area contributed by atoms with Gasteiger partial charge in [-0.05, 0) is 38.8 Å². The molecule has 0 bridgehead atoms. The van der Waals surface area contributed by atoms with Crippen molar-refractivity contribution in [2.24, 2.45) is 5.73 Å². The van der Waals surface area contributed by atoms with Crippen LogP contribution in [0.5, 0.6) is 5.75 Å². The van der Waals surface area contributed by atoms with Crippen LogP contribution < -0.4 is 10.5 Å². The molecule has 6 heteroatoms. The lowest BCUT2D eigenvalue weighted by Gasteiger charge is -2.16. The summed E-state index contributed by atoms with van der Waals surface area (Å²) < 4.78 is 29.2. The molecule has 0 spiro atoms. The third-order valence-corrected chi connectivity index (χ3v) is 5.94. The standard InChI is InChI=1S/C15H24ClNO3S/c1-4-12(17)10-13-14(16)6-5-7-15(13)20-8-9-21(18,19)11(2)3/h5-7,11-12H,4,8-10,17H2,1-3H3. The van der Waals surface area contributed by atoms with Crippen LogP contribution in [0.3, 0.4) is 0 Å². The molecule has 2 N–H and O–H groups in total. The van der Waals surface area contributed by atoms with E-state index in [-0.39, 0.29) is 18.4 Å². The summed E-state index contributed by atoms with van der Waals surface area (Å²) in [5, 5.41) is 0.205. The second-order valence-corrected chi connectivity index (χ2v) is 8.44. The highest BCUT2D eigenvalue weighted by Crippen LogP contribution is 2.28. The summed E-state index contributed by atoms with van der Waals surface area (Å²) in [7, 11) is -3.10. The number of hydrogen-bond donors (Lipinski definition) is 1. The lowest BCUT2D eigenvalue weighted by molar-refractivity contribution is 0.336. The highest BCUT2D eigenvalue weighted by atomic mass is 35.5. The molecule has 120 valence electrons. The van der Waals surface area contributed by atoms with Crippen LogP contribution in [0.4, 0.5) is 0 Å². The Morgan fingerprint density at radius 1 is 1.33 bits per heavy atom. The average Bonchev–Trinajstić information content (AvgIpc) is 2.41. The molecule has 0 aromatic heterocycles. The molecule has 21 heavy (non-hydrogen) atoms. The number of benzene rings is 1. The maximum atomic E-state index is 11.8. The van der Waals surface area contributed by atoms with E-state index in [1.54, 1.807) is 32.0 Å². The Labute approximate surface area is 132 Å². The first-order valence-corrected chi connectivity index (χ1v) is 9.24. The van der Waals surface area contributed by atoms with Gasteiger partial charge in [-0.25, -0.2) is 8.42 Å². The topological polar surface area (TPSA) is 69.4 Å². The summed E-state index contributed by atoms with van der Waals surface area (Å²) in [4.78, 5) is 0. The second-order valence-electron chi connectivity index (χ2n) is 5.35. The Kier molecular flexibility index (Phi) is 6.97. The van der Waals surface area contributed by atoms with Gasteiger partial charge in [-0.3, -0.25) is 0 Å². The van der Waals surface area contributed by atoms with Gasteiger partial charge in [0.25, 0.3) is 0 Å². The van der Waals surface area contributed by atoms with Crippen LogP contribution in [0.1, 0.15) is 32.8 Å². The van der Waals surface area contributed by atoms with Gasteiger partial charge < -0.3 is 10.5 Å². The van der Waals surface area contributed by atoms with Crippen molar-refractivity contribution in [2.45, 2.75) is 44.9 Å². The molecule has 1 aromatic rings. The fourth-order valence-electron chi connectivity index (χ4n) is 1.78. The van der Waals surface area contributed by atoms with E-state index in [0.717, 1.165) is 12.0 Å². The van der Waals surface area contributed by atoms with Crippen LogP contribution >= 0.6 is 11.6 Å². The third-order valence-electron chi connectivity index (χ3n) is 3.41. The van der Waals surface area contributed by atoms with Crippen LogP contribution in [-0.4, -0.2) is 32.1 Å². The van der Waals surface area contributed by atoms with Crippen LogP contribution in [0.2, 0.25) is 5.02 Å². The predicted molar refractivity (Wildman–Crippen MR) is 87.8 cm³/mol. The van der Waals surface area contributed by atoms with Crippen molar-refractivity contribution in [1.82, 2.24) is 0 Å². The smallest absolute Gasteiger partial charge is 0.155 e. The molecular weight excluding hydrogens is 310 g/mol. The maximum absolute atomic E-state index is 11.8.